The lowest BCUT2D eigenvalue weighted by Gasteiger charge is -2.24. The molecule has 0 saturated heterocycles. The molecule has 2 aromatic carbocycles. The van der Waals surface area contributed by atoms with Gasteiger partial charge in [-0.05, 0) is 36.8 Å². The molecule has 0 aromatic heterocycles. The van der Waals surface area contributed by atoms with Gasteiger partial charge in [0.2, 0.25) is 5.91 Å². The highest BCUT2D eigenvalue weighted by molar-refractivity contribution is 7.92. The number of amides is 1. The SMILES string of the molecule is COCCCNC(=O)CN(c1ccc(Cl)c(Cl)c1)S(=O)(=O)c1ccccc1. The highest BCUT2D eigenvalue weighted by Crippen LogP contribution is 2.30. The molecule has 0 atom stereocenters. The summed E-state index contributed by atoms with van der Waals surface area (Å²) in [6.45, 7) is 0.495. The highest BCUT2D eigenvalue weighted by atomic mass is 35.5. The van der Waals surface area contributed by atoms with Crippen molar-refractivity contribution in [1.82, 2.24) is 5.32 Å². The number of rotatable bonds is 9. The van der Waals surface area contributed by atoms with Gasteiger partial charge < -0.3 is 10.1 Å². The summed E-state index contributed by atoms with van der Waals surface area (Å²) in [7, 11) is -2.40. The van der Waals surface area contributed by atoms with E-state index in [1.807, 2.05) is 0 Å². The van der Waals surface area contributed by atoms with E-state index in [1.54, 1.807) is 25.3 Å². The van der Waals surface area contributed by atoms with Gasteiger partial charge in [-0.15, -0.1) is 0 Å². The quantitative estimate of drug-likeness (QED) is 0.618. The number of nitrogens with one attached hydrogen (secondary N) is 1. The van der Waals surface area contributed by atoms with Crippen LogP contribution in [0.15, 0.2) is 53.4 Å². The second kappa shape index (κ2) is 9.94. The third-order valence-corrected chi connectivity index (χ3v) is 6.18. The molecule has 1 N–H and O–H groups in total. The van der Waals surface area contributed by atoms with Crippen LogP contribution in [-0.2, 0) is 19.6 Å². The Labute approximate surface area is 169 Å². The van der Waals surface area contributed by atoms with Crippen LogP contribution in [-0.4, -0.2) is 41.1 Å². The minimum atomic E-state index is -3.97. The van der Waals surface area contributed by atoms with Crippen LogP contribution in [0.3, 0.4) is 0 Å². The lowest BCUT2D eigenvalue weighted by Crippen LogP contribution is -2.41. The van der Waals surface area contributed by atoms with Gasteiger partial charge in [0.15, 0.2) is 0 Å². The van der Waals surface area contributed by atoms with Crippen LogP contribution >= 0.6 is 23.2 Å². The number of benzene rings is 2. The summed E-state index contributed by atoms with van der Waals surface area (Å²) in [5.41, 5.74) is 0.250. The average Bonchev–Trinajstić information content (AvgIpc) is 2.66. The maximum absolute atomic E-state index is 13.1. The van der Waals surface area contributed by atoms with E-state index < -0.39 is 15.9 Å². The van der Waals surface area contributed by atoms with Crippen LogP contribution in [0.2, 0.25) is 10.0 Å². The first-order chi connectivity index (χ1) is 12.9. The number of sulfonamides is 1. The zero-order valence-electron chi connectivity index (χ0n) is 14.7. The maximum Gasteiger partial charge on any atom is 0.264 e. The largest absolute Gasteiger partial charge is 0.385 e. The zero-order valence-corrected chi connectivity index (χ0v) is 17.0. The summed E-state index contributed by atoms with van der Waals surface area (Å²) in [5.74, 6) is -0.434. The number of hydrogen-bond donors (Lipinski definition) is 1. The molecule has 0 saturated carbocycles. The molecule has 0 aliphatic carbocycles. The standard InChI is InChI=1S/C18H20Cl2N2O4S/c1-26-11-5-10-21-18(23)13-22(14-8-9-16(19)17(20)12-14)27(24,25)15-6-3-2-4-7-15/h2-4,6-9,12H,5,10-11,13H2,1H3,(H,21,23). The Morgan fingerprint density at radius 2 is 1.81 bits per heavy atom. The van der Waals surface area contributed by atoms with Crippen molar-refractivity contribution in [3.05, 3.63) is 58.6 Å². The molecule has 0 aliphatic rings. The predicted octanol–water partition coefficient (Wildman–Crippen LogP) is 3.34. The number of ether oxygens (including phenoxy) is 1. The highest BCUT2D eigenvalue weighted by Gasteiger charge is 2.27. The Morgan fingerprint density at radius 1 is 1.11 bits per heavy atom. The molecule has 0 bridgehead atoms. The van der Waals surface area contributed by atoms with Crippen LogP contribution in [0.1, 0.15) is 6.42 Å². The minimum Gasteiger partial charge on any atom is -0.385 e. The van der Waals surface area contributed by atoms with Gasteiger partial charge in [0.05, 0.1) is 20.6 Å². The summed E-state index contributed by atoms with van der Waals surface area (Å²) in [6.07, 6.45) is 0.625. The van der Waals surface area contributed by atoms with Crippen molar-refractivity contribution < 1.29 is 17.9 Å². The fraction of sp³-hybridized carbons (Fsp3) is 0.278. The third kappa shape index (κ3) is 5.84. The van der Waals surface area contributed by atoms with Gasteiger partial charge >= 0.3 is 0 Å². The summed E-state index contributed by atoms with van der Waals surface area (Å²) < 4.78 is 32.1. The van der Waals surface area contributed by atoms with Crippen molar-refractivity contribution in [2.24, 2.45) is 0 Å². The van der Waals surface area contributed by atoms with Gasteiger partial charge in [0.25, 0.3) is 10.0 Å². The summed E-state index contributed by atoms with van der Waals surface area (Å²) in [5, 5.41) is 3.17. The first kappa shape index (κ1) is 21.5. The molecule has 0 spiro atoms. The van der Waals surface area contributed by atoms with Gasteiger partial charge in [-0.25, -0.2) is 8.42 Å². The molecule has 2 rings (SSSR count). The monoisotopic (exact) mass is 430 g/mol. The molecule has 0 aliphatic heterocycles. The fourth-order valence-corrected chi connectivity index (χ4v) is 4.03. The van der Waals surface area contributed by atoms with Crippen LogP contribution in [0, 0.1) is 0 Å². The van der Waals surface area contributed by atoms with Crippen molar-refractivity contribution in [3.8, 4) is 0 Å². The number of methoxy groups -OCH3 is 1. The minimum absolute atomic E-state index is 0.0725. The molecular formula is C18H20Cl2N2O4S. The smallest absolute Gasteiger partial charge is 0.264 e. The second-order valence-electron chi connectivity index (χ2n) is 5.62. The summed E-state index contributed by atoms with van der Waals surface area (Å²) in [4.78, 5) is 12.4. The Kier molecular flexibility index (Phi) is 7.91. The molecule has 9 heteroatoms. The maximum atomic E-state index is 13.1. The fourth-order valence-electron chi connectivity index (χ4n) is 2.31. The van der Waals surface area contributed by atoms with Crippen LogP contribution < -0.4 is 9.62 Å². The number of carbonyl (C=O) groups excluding carboxylic acids is 1. The molecule has 0 heterocycles. The number of carbonyl (C=O) groups is 1. The Hall–Kier alpha value is -1.80. The molecule has 27 heavy (non-hydrogen) atoms. The lowest BCUT2D eigenvalue weighted by atomic mass is 10.3. The van der Waals surface area contributed by atoms with Crippen molar-refractivity contribution in [2.45, 2.75) is 11.3 Å². The Morgan fingerprint density at radius 3 is 2.44 bits per heavy atom. The molecular weight excluding hydrogens is 411 g/mol. The van der Waals surface area contributed by atoms with Gasteiger partial charge in [0, 0.05) is 20.3 Å². The summed E-state index contributed by atoms with van der Waals surface area (Å²) >= 11 is 12.0. The third-order valence-electron chi connectivity index (χ3n) is 3.66. The van der Waals surface area contributed by atoms with Crippen LogP contribution in [0.25, 0.3) is 0 Å². The number of hydrogen-bond acceptors (Lipinski definition) is 4. The molecule has 0 fully saturated rings. The molecule has 0 radical (unpaired) electrons. The van der Waals surface area contributed by atoms with Gasteiger partial charge in [-0.2, -0.15) is 0 Å². The van der Waals surface area contributed by atoms with Crippen molar-refractivity contribution in [2.75, 3.05) is 31.1 Å². The molecule has 2 aromatic rings. The first-order valence-electron chi connectivity index (χ1n) is 8.14. The van der Waals surface area contributed by atoms with E-state index in [2.05, 4.69) is 5.32 Å². The van der Waals surface area contributed by atoms with E-state index >= 15 is 0 Å². The second-order valence-corrected chi connectivity index (χ2v) is 8.30. The summed E-state index contributed by atoms with van der Waals surface area (Å²) in [6, 6.07) is 12.3. The normalized spacial score (nSPS) is 11.2. The van der Waals surface area contributed by atoms with E-state index in [-0.39, 0.29) is 22.2 Å². The van der Waals surface area contributed by atoms with Gasteiger partial charge in [0.1, 0.15) is 6.54 Å². The van der Waals surface area contributed by atoms with E-state index in [1.165, 1.54) is 30.3 Å². The van der Waals surface area contributed by atoms with Crippen molar-refractivity contribution in [1.29, 1.82) is 0 Å². The molecule has 146 valence electrons. The topological polar surface area (TPSA) is 75.7 Å². The number of anilines is 1. The number of halogens is 2. The van der Waals surface area contributed by atoms with E-state index in [0.717, 1.165) is 4.31 Å². The molecule has 6 nitrogen and oxygen atoms in total. The van der Waals surface area contributed by atoms with Crippen molar-refractivity contribution in [3.63, 3.8) is 0 Å². The van der Waals surface area contributed by atoms with E-state index in [0.29, 0.717) is 24.6 Å². The Bertz CT molecular complexity index is 876. The van der Waals surface area contributed by atoms with Crippen LogP contribution in [0.4, 0.5) is 5.69 Å². The van der Waals surface area contributed by atoms with E-state index in [9.17, 15) is 13.2 Å². The average molecular weight is 431 g/mol. The number of nitrogens with zero attached hydrogens (tertiary/aromatic N) is 1. The Balaban J connectivity index is 2.31. The van der Waals surface area contributed by atoms with Crippen LogP contribution in [0.5, 0.6) is 0 Å². The molecule has 0 unspecified atom stereocenters. The van der Waals surface area contributed by atoms with Crippen molar-refractivity contribution >= 4 is 44.8 Å². The lowest BCUT2D eigenvalue weighted by molar-refractivity contribution is -0.119. The van der Waals surface area contributed by atoms with E-state index in [4.69, 9.17) is 27.9 Å². The zero-order chi connectivity index (χ0) is 19.9. The first-order valence-corrected chi connectivity index (χ1v) is 10.3. The van der Waals surface area contributed by atoms with Gasteiger partial charge in [-0.1, -0.05) is 41.4 Å². The molecule has 1 amide bonds. The predicted molar refractivity (Wildman–Crippen MR) is 107 cm³/mol. The van der Waals surface area contributed by atoms with Gasteiger partial charge in [-0.3, -0.25) is 9.10 Å².